The molecule has 1 aromatic heterocycles. The molecular formula is C15H15ClN4O2S. The molecule has 0 unspecified atom stereocenters. The fourth-order valence-corrected chi connectivity index (χ4v) is 3.28. The first-order valence-electron chi connectivity index (χ1n) is 7.15. The Morgan fingerprint density at radius 3 is 2.91 bits per heavy atom. The number of nitrogens with zero attached hydrogens (tertiary/aromatic N) is 3. The van der Waals surface area contributed by atoms with Gasteiger partial charge in [0.1, 0.15) is 5.01 Å². The predicted octanol–water partition coefficient (Wildman–Crippen LogP) is 2.49. The van der Waals surface area contributed by atoms with Gasteiger partial charge in [-0.3, -0.25) is 9.59 Å². The van der Waals surface area contributed by atoms with E-state index in [1.54, 1.807) is 11.0 Å². The van der Waals surface area contributed by atoms with E-state index in [9.17, 15) is 9.59 Å². The van der Waals surface area contributed by atoms with Crippen molar-refractivity contribution in [2.75, 3.05) is 11.9 Å². The maximum absolute atomic E-state index is 12.3. The number of nitrogens with one attached hydrogen (secondary N) is 1. The fourth-order valence-electron chi connectivity index (χ4n) is 2.49. The Morgan fingerprint density at radius 2 is 2.22 bits per heavy atom. The van der Waals surface area contributed by atoms with Crippen molar-refractivity contribution < 1.29 is 9.59 Å². The van der Waals surface area contributed by atoms with E-state index >= 15 is 0 Å². The highest BCUT2D eigenvalue weighted by molar-refractivity contribution is 7.15. The summed E-state index contributed by atoms with van der Waals surface area (Å²) in [7, 11) is 0. The zero-order chi connectivity index (χ0) is 16.4. The lowest BCUT2D eigenvalue weighted by molar-refractivity contribution is -0.128. The molecule has 6 nitrogen and oxygen atoms in total. The summed E-state index contributed by atoms with van der Waals surface area (Å²) < 4.78 is 0. The molecule has 23 heavy (non-hydrogen) atoms. The number of benzene rings is 1. The van der Waals surface area contributed by atoms with Crippen molar-refractivity contribution in [1.29, 1.82) is 0 Å². The van der Waals surface area contributed by atoms with Gasteiger partial charge >= 0.3 is 0 Å². The number of carbonyl (C=O) groups excluding carboxylic acids is 2. The third kappa shape index (κ3) is 3.68. The molecule has 3 rings (SSSR count). The highest BCUT2D eigenvalue weighted by Crippen LogP contribution is 2.25. The van der Waals surface area contributed by atoms with Crippen molar-refractivity contribution in [3.63, 3.8) is 0 Å². The number of aryl methyl sites for hydroxylation is 1. The lowest BCUT2D eigenvalue weighted by Gasteiger charge is -2.17. The number of rotatable bonds is 4. The first-order valence-corrected chi connectivity index (χ1v) is 8.34. The van der Waals surface area contributed by atoms with Crippen molar-refractivity contribution in [2.24, 2.45) is 5.92 Å². The number of hydrogen-bond donors (Lipinski definition) is 1. The topological polar surface area (TPSA) is 75.2 Å². The largest absolute Gasteiger partial charge is 0.337 e. The molecule has 1 saturated heterocycles. The Balaban J connectivity index is 1.63. The minimum Gasteiger partial charge on any atom is -0.337 e. The van der Waals surface area contributed by atoms with Crippen LogP contribution in [0.5, 0.6) is 0 Å². The summed E-state index contributed by atoms with van der Waals surface area (Å²) in [6.45, 7) is 2.62. The Morgan fingerprint density at radius 1 is 1.43 bits per heavy atom. The first kappa shape index (κ1) is 15.9. The summed E-state index contributed by atoms with van der Waals surface area (Å²) >= 11 is 7.44. The molecule has 1 aromatic carbocycles. The van der Waals surface area contributed by atoms with E-state index in [4.69, 9.17) is 11.6 Å². The van der Waals surface area contributed by atoms with E-state index in [0.29, 0.717) is 23.2 Å². The summed E-state index contributed by atoms with van der Waals surface area (Å²) in [5, 5.41) is 12.3. The third-order valence-corrected chi connectivity index (χ3v) is 4.78. The predicted molar refractivity (Wildman–Crippen MR) is 88.3 cm³/mol. The summed E-state index contributed by atoms with van der Waals surface area (Å²) in [5.74, 6) is -0.621. The molecule has 0 aliphatic carbocycles. The van der Waals surface area contributed by atoms with Crippen molar-refractivity contribution in [1.82, 2.24) is 15.1 Å². The molecule has 0 radical (unpaired) electrons. The summed E-state index contributed by atoms with van der Waals surface area (Å²) in [6, 6.07) is 7.40. The summed E-state index contributed by atoms with van der Waals surface area (Å²) in [4.78, 5) is 26.1. The number of amides is 2. The van der Waals surface area contributed by atoms with Crippen LogP contribution in [0.3, 0.4) is 0 Å². The normalized spacial score (nSPS) is 17.6. The van der Waals surface area contributed by atoms with Crippen LogP contribution >= 0.6 is 22.9 Å². The molecule has 120 valence electrons. The van der Waals surface area contributed by atoms with Gasteiger partial charge in [-0.15, -0.1) is 10.2 Å². The van der Waals surface area contributed by atoms with E-state index in [0.717, 1.165) is 10.6 Å². The molecule has 1 fully saturated rings. The highest BCUT2D eigenvalue weighted by Gasteiger charge is 2.34. The Hall–Kier alpha value is -1.99. The van der Waals surface area contributed by atoms with Crippen LogP contribution in [-0.4, -0.2) is 33.5 Å². The average Bonchev–Trinajstić information content (AvgIpc) is 3.08. The maximum Gasteiger partial charge on any atom is 0.231 e. The van der Waals surface area contributed by atoms with Gasteiger partial charge in [-0.1, -0.05) is 41.1 Å². The lowest BCUT2D eigenvalue weighted by Crippen LogP contribution is -2.28. The van der Waals surface area contributed by atoms with Gasteiger partial charge in [0, 0.05) is 24.5 Å². The lowest BCUT2D eigenvalue weighted by atomic mass is 10.1. The molecule has 1 N–H and O–H groups in total. The fraction of sp³-hybridized carbons (Fsp3) is 0.333. The van der Waals surface area contributed by atoms with E-state index in [1.807, 2.05) is 25.1 Å². The molecule has 0 bridgehead atoms. The molecule has 2 amide bonds. The van der Waals surface area contributed by atoms with Crippen molar-refractivity contribution in [3.05, 3.63) is 39.9 Å². The van der Waals surface area contributed by atoms with Gasteiger partial charge in [-0.25, -0.2) is 0 Å². The number of likely N-dealkylation sites (tertiary alicyclic amines) is 1. The second-order valence-corrected chi connectivity index (χ2v) is 6.97. The van der Waals surface area contributed by atoms with Crippen LogP contribution in [0.25, 0.3) is 0 Å². The van der Waals surface area contributed by atoms with Crippen molar-refractivity contribution >= 4 is 39.9 Å². The average molecular weight is 351 g/mol. The monoisotopic (exact) mass is 350 g/mol. The van der Waals surface area contributed by atoms with Crippen molar-refractivity contribution in [2.45, 2.75) is 19.9 Å². The minimum absolute atomic E-state index is 0.0430. The zero-order valence-corrected chi connectivity index (χ0v) is 14.0. The number of hydrogen-bond acceptors (Lipinski definition) is 5. The van der Waals surface area contributed by atoms with Gasteiger partial charge in [-0.05, 0) is 18.6 Å². The van der Waals surface area contributed by atoms with Crippen LogP contribution in [0.1, 0.15) is 17.0 Å². The van der Waals surface area contributed by atoms with E-state index < -0.39 is 0 Å². The SMILES string of the molecule is Cc1nnc(NC(=O)[C@@H]2CC(=O)N(Cc3ccccc3Cl)C2)s1. The van der Waals surface area contributed by atoms with E-state index in [-0.39, 0.29) is 24.2 Å². The van der Waals surface area contributed by atoms with Gasteiger partial charge in [0.15, 0.2) is 0 Å². The Labute approximate surface area is 142 Å². The summed E-state index contributed by atoms with van der Waals surface area (Å²) in [5.41, 5.74) is 0.878. The second-order valence-electron chi connectivity index (χ2n) is 5.38. The van der Waals surface area contributed by atoms with Gasteiger partial charge in [-0.2, -0.15) is 0 Å². The van der Waals surface area contributed by atoms with Gasteiger partial charge in [0.05, 0.1) is 5.92 Å². The van der Waals surface area contributed by atoms with Crippen LogP contribution in [-0.2, 0) is 16.1 Å². The Kier molecular flexibility index (Phi) is 4.58. The molecule has 8 heteroatoms. The molecular weight excluding hydrogens is 336 g/mol. The van der Waals surface area contributed by atoms with Gasteiger partial charge < -0.3 is 10.2 Å². The molecule has 0 saturated carbocycles. The van der Waals surface area contributed by atoms with Crippen LogP contribution in [0.2, 0.25) is 5.02 Å². The molecule has 1 aliphatic heterocycles. The van der Waals surface area contributed by atoms with Crippen LogP contribution in [0.15, 0.2) is 24.3 Å². The molecule has 2 heterocycles. The number of aromatic nitrogens is 2. The summed E-state index contributed by atoms with van der Waals surface area (Å²) in [6.07, 6.45) is 0.202. The maximum atomic E-state index is 12.3. The standard InChI is InChI=1S/C15H15ClN4O2S/c1-9-18-19-15(23-9)17-14(22)11-6-13(21)20(8-11)7-10-4-2-3-5-12(10)16/h2-5,11H,6-8H2,1H3,(H,17,19,22)/t11-/m1/s1. The third-order valence-electron chi connectivity index (χ3n) is 3.66. The minimum atomic E-state index is -0.380. The number of anilines is 1. The Bertz CT molecular complexity index is 749. The first-order chi connectivity index (χ1) is 11.0. The number of halogens is 1. The van der Waals surface area contributed by atoms with Crippen LogP contribution in [0.4, 0.5) is 5.13 Å². The van der Waals surface area contributed by atoms with Crippen LogP contribution in [0, 0.1) is 12.8 Å². The van der Waals surface area contributed by atoms with Gasteiger partial charge in [0.25, 0.3) is 0 Å². The molecule has 1 atom stereocenters. The highest BCUT2D eigenvalue weighted by atomic mass is 35.5. The smallest absolute Gasteiger partial charge is 0.231 e. The second kappa shape index (κ2) is 6.64. The van der Waals surface area contributed by atoms with E-state index in [1.165, 1.54) is 11.3 Å². The zero-order valence-electron chi connectivity index (χ0n) is 12.5. The van der Waals surface area contributed by atoms with Gasteiger partial charge in [0.2, 0.25) is 16.9 Å². The number of carbonyl (C=O) groups is 2. The van der Waals surface area contributed by atoms with Crippen molar-refractivity contribution in [3.8, 4) is 0 Å². The molecule has 0 spiro atoms. The molecule has 1 aliphatic rings. The van der Waals surface area contributed by atoms with E-state index in [2.05, 4.69) is 15.5 Å². The van der Waals surface area contributed by atoms with Crippen LogP contribution < -0.4 is 5.32 Å². The molecule has 2 aromatic rings. The quantitative estimate of drug-likeness (QED) is 0.919.